The average Bonchev–Trinajstić information content (AvgIpc) is 3.15. The average molecular weight is 448 g/mol. The predicted molar refractivity (Wildman–Crippen MR) is 128 cm³/mol. The lowest BCUT2D eigenvalue weighted by molar-refractivity contribution is 0.0937. The van der Waals surface area contributed by atoms with Gasteiger partial charge in [0.2, 0.25) is 0 Å². The molecule has 32 heavy (non-hydrogen) atoms. The third kappa shape index (κ3) is 4.63. The van der Waals surface area contributed by atoms with Crippen LogP contribution in [0, 0.1) is 13.8 Å². The molecule has 0 radical (unpaired) electrons. The summed E-state index contributed by atoms with van der Waals surface area (Å²) in [7, 11) is 0. The maximum absolute atomic E-state index is 12.9. The summed E-state index contributed by atoms with van der Waals surface area (Å²) in [6.07, 6.45) is 0. The molecule has 4 rings (SSSR count). The standard InChI is InChI=1S/C26H26ClN3O2/c1-17-8-4-5-9-21(17)26(31)28-19(3)25-29-23-10-6-7-11-24(23)30(25)14-15-32-20-12-13-22(27)18(2)16-20/h4-13,16,19H,14-15H2,1-3H3,(H,28,31). The largest absolute Gasteiger partial charge is 0.492 e. The van der Waals surface area contributed by atoms with Crippen molar-refractivity contribution in [1.82, 2.24) is 14.9 Å². The highest BCUT2D eigenvalue weighted by Gasteiger charge is 2.19. The number of benzene rings is 3. The molecule has 0 aliphatic heterocycles. The molecule has 1 aromatic heterocycles. The monoisotopic (exact) mass is 447 g/mol. The smallest absolute Gasteiger partial charge is 0.252 e. The summed E-state index contributed by atoms with van der Waals surface area (Å²) < 4.78 is 8.08. The molecule has 1 N–H and O–H groups in total. The van der Waals surface area contributed by atoms with Gasteiger partial charge in [-0.1, -0.05) is 41.9 Å². The van der Waals surface area contributed by atoms with E-state index in [0.717, 1.165) is 38.8 Å². The van der Waals surface area contributed by atoms with E-state index in [1.165, 1.54) is 0 Å². The second-order valence-corrected chi connectivity index (χ2v) is 8.29. The number of halogens is 1. The summed E-state index contributed by atoms with van der Waals surface area (Å²) in [5.41, 5.74) is 4.49. The van der Waals surface area contributed by atoms with Crippen molar-refractivity contribution < 1.29 is 9.53 Å². The zero-order valence-electron chi connectivity index (χ0n) is 18.4. The van der Waals surface area contributed by atoms with Gasteiger partial charge in [-0.05, 0) is 68.3 Å². The molecular weight excluding hydrogens is 422 g/mol. The van der Waals surface area contributed by atoms with E-state index >= 15 is 0 Å². The molecule has 0 saturated heterocycles. The van der Waals surface area contributed by atoms with Gasteiger partial charge in [-0.15, -0.1) is 0 Å². The van der Waals surface area contributed by atoms with Gasteiger partial charge < -0.3 is 14.6 Å². The second-order valence-electron chi connectivity index (χ2n) is 7.88. The lowest BCUT2D eigenvalue weighted by atomic mass is 10.1. The molecule has 1 amide bonds. The fourth-order valence-electron chi connectivity index (χ4n) is 3.79. The molecule has 0 spiro atoms. The van der Waals surface area contributed by atoms with Gasteiger partial charge in [0.1, 0.15) is 18.2 Å². The first-order valence-corrected chi connectivity index (χ1v) is 11.0. The topological polar surface area (TPSA) is 56.1 Å². The molecule has 1 unspecified atom stereocenters. The second kappa shape index (κ2) is 9.45. The number of nitrogens with zero attached hydrogens (tertiary/aromatic N) is 2. The van der Waals surface area contributed by atoms with Crippen LogP contribution in [0.3, 0.4) is 0 Å². The van der Waals surface area contributed by atoms with E-state index in [4.69, 9.17) is 21.3 Å². The Hall–Kier alpha value is -3.31. The SMILES string of the molecule is Cc1cc(OCCn2c(C(C)NC(=O)c3ccccc3C)nc3ccccc32)ccc1Cl. The third-order valence-corrected chi connectivity index (χ3v) is 5.95. The fraction of sp³-hybridized carbons (Fsp3) is 0.231. The maximum Gasteiger partial charge on any atom is 0.252 e. The Labute approximate surface area is 193 Å². The van der Waals surface area contributed by atoms with Crippen molar-refractivity contribution >= 4 is 28.5 Å². The molecule has 0 fully saturated rings. The van der Waals surface area contributed by atoms with E-state index in [-0.39, 0.29) is 11.9 Å². The minimum atomic E-state index is -0.271. The number of hydrogen-bond donors (Lipinski definition) is 1. The number of carbonyl (C=O) groups excluding carboxylic acids is 1. The Bertz CT molecular complexity index is 1270. The van der Waals surface area contributed by atoms with Gasteiger partial charge in [0.05, 0.1) is 23.6 Å². The zero-order valence-corrected chi connectivity index (χ0v) is 19.2. The van der Waals surface area contributed by atoms with Gasteiger partial charge in [0.25, 0.3) is 5.91 Å². The van der Waals surface area contributed by atoms with Crippen LogP contribution in [0.1, 0.15) is 40.3 Å². The van der Waals surface area contributed by atoms with Crippen molar-refractivity contribution in [2.24, 2.45) is 0 Å². The highest BCUT2D eigenvalue weighted by Crippen LogP contribution is 2.23. The molecular formula is C26H26ClN3O2. The molecule has 6 heteroatoms. The van der Waals surface area contributed by atoms with Crippen LogP contribution in [0.2, 0.25) is 5.02 Å². The Morgan fingerprint density at radius 2 is 1.81 bits per heavy atom. The number of aromatic nitrogens is 2. The molecule has 0 aliphatic carbocycles. The number of carbonyl (C=O) groups is 1. The quantitative estimate of drug-likeness (QED) is 0.385. The zero-order chi connectivity index (χ0) is 22.7. The van der Waals surface area contributed by atoms with Crippen molar-refractivity contribution in [1.29, 1.82) is 0 Å². The number of aryl methyl sites for hydroxylation is 2. The summed E-state index contributed by atoms with van der Waals surface area (Å²) in [5.74, 6) is 1.46. The first kappa shape index (κ1) is 21.9. The number of nitrogens with one attached hydrogen (secondary N) is 1. The molecule has 0 aliphatic rings. The minimum absolute atomic E-state index is 0.109. The highest BCUT2D eigenvalue weighted by atomic mass is 35.5. The molecule has 164 valence electrons. The highest BCUT2D eigenvalue weighted by molar-refractivity contribution is 6.31. The maximum atomic E-state index is 12.9. The van der Waals surface area contributed by atoms with Crippen LogP contribution >= 0.6 is 11.6 Å². The van der Waals surface area contributed by atoms with Gasteiger partial charge in [-0.3, -0.25) is 4.79 Å². The van der Waals surface area contributed by atoms with E-state index in [9.17, 15) is 4.79 Å². The van der Waals surface area contributed by atoms with Crippen LogP contribution in [0.4, 0.5) is 0 Å². The minimum Gasteiger partial charge on any atom is -0.492 e. The molecule has 1 heterocycles. The summed E-state index contributed by atoms with van der Waals surface area (Å²) in [5, 5.41) is 3.82. The van der Waals surface area contributed by atoms with Crippen LogP contribution in [0.5, 0.6) is 5.75 Å². The molecule has 1 atom stereocenters. The Morgan fingerprint density at radius 1 is 1.06 bits per heavy atom. The number of hydrogen-bond acceptors (Lipinski definition) is 3. The number of rotatable bonds is 7. The number of para-hydroxylation sites is 2. The van der Waals surface area contributed by atoms with Gasteiger partial charge in [-0.2, -0.15) is 0 Å². The van der Waals surface area contributed by atoms with Crippen LogP contribution in [-0.4, -0.2) is 22.1 Å². The van der Waals surface area contributed by atoms with Gasteiger partial charge in [0, 0.05) is 10.6 Å². The first-order valence-electron chi connectivity index (χ1n) is 10.6. The van der Waals surface area contributed by atoms with Gasteiger partial charge >= 0.3 is 0 Å². The van der Waals surface area contributed by atoms with E-state index in [1.54, 1.807) is 0 Å². The molecule has 4 aromatic rings. The van der Waals surface area contributed by atoms with Gasteiger partial charge in [0.15, 0.2) is 0 Å². The van der Waals surface area contributed by atoms with Crippen molar-refractivity contribution in [3.63, 3.8) is 0 Å². The molecule has 3 aromatic carbocycles. The van der Waals surface area contributed by atoms with Gasteiger partial charge in [-0.25, -0.2) is 4.98 Å². The van der Waals surface area contributed by atoms with Crippen molar-refractivity contribution in [2.75, 3.05) is 6.61 Å². The van der Waals surface area contributed by atoms with Crippen LogP contribution < -0.4 is 10.1 Å². The Kier molecular flexibility index (Phi) is 6.47. The van der Waals surface area contributed by atoms with Crippen LogP contribution in [-0.2, 0) is 6.54 Å². The summed E-state index contributed by atoms with van der Waals surface area (Å²) in [6, 6.07) is 20.9. The lowest BCUT2D eigenvalue weighted by Crippen LogP contribution is -2.29. The Morgan fingerprint density at radius 3 is 2.59 bits per heavy atom. The number of fused-ring (bicyclic) bond motifs is 1. The van der Waals surface area contributed by atoms with E-state index in [2.05, 4.69) is 9.88 Å². The Balaban J connectivity index is 1.54. The van der Waals surface area contributed by atoms with Crippen LogP contribution in [0.25, 0.3) is 11.0 Å². The summed E-state index contributed by atoms with van der Waals surface area (Å²) >= 11 is 6.11. The number of amides is 1. The number of ether oxygens (including phenoxy) is 1. The van der Waals surface area contributed by atoms with E-state index < -0.39 is 0 Å². The van der Waals surface area contributed by atoms with Crippen molar-refractivity contribution in [3.05, 3.63) is 94.3 Å². The molecule has 5 nitrogen and oxygen atoms in total. The van der Waals surface area contributed by atoms with E-state index in [0.29, 0.717) is 18.7 Å². The van der Waals surface area contributed by atoms with Crippen molar-refractivity contribution in [3.8, 4) is 5.75 Å². The first-order chi connectivity index (χ1) is 15.4. The number of imidazole rings is 1. The normalized spacial score (nSPS) is 12.0. The summed E-state index contributed by atoms with van der Waals surface area (Å²) in [6.45, 7) is 6.91. The fourth-order valence-corrected chi connectivity index (χ4v) is 3.91. The predicted octanol–water partition coefficient (Wildman–Crippen LogP) is 5.88. The summed E-state index contributed by atoms with van der Waals surface area (Å²) in [4.78, 5) is 17.7. The molecule has 0 saturated carbocycles. The van der Waals surface area contributed by atoms with Crippen LogP contribution in [0.15, 0.2) is 66.7 Å². The van der Waals surface area contributed by atoms with E-state index in [1.807, 2.05) is 87.5 Å². The third-order valence-electron chi connectivity index (χ3n) is 5.52. The molecule has 0 bridgehead atoms. The lowest BCUT2D eigenvalue weighted by Gasteiger charge is -2.17. The van der Waals surface area contributed by atoms with Crippen molar-refractivity contribution in [2.45, 2.75) is 33.4 Å².